The second-order valence-electron chi connectivity index (χ2n) is 5.90. The number of anilines is 1. The lowest BCUT2D eigenvalue weighted by Gasteiger charge is -2.18. The number of carbonyl (C=O) groups excluding carboxylic acids is 1. The minimum atomic E-state index is -0.0255. The van der Waals surface area contributed by atoms with Crippen molar-refractivity contribution in [2.24, 2.45) is 0 Å². The van der Waals surface area contributed by atoms with E-state index in [1.807, 2.05) is 36.2 Å². The number of hydrogen-bond acceptors (Lipinski definition) is 4. The number of benzene rings is 1. The standard InChI is InChI=1S/C17H27N3O2/c1-20(11-12-21)16-8-6-14(7-9-16)17(22)19-13-15-5-3-2-4-10-18-15/h6-9,15,18,21H,2-5,10-13H2,1H3,(H,19,22)/t15-/m1/s1. The van der Waals surface area contributed by atoms with Crippen LogP contribution in [0, 0.1) is 0 Å². The van der Waals surface area contributed by atoms with Crippen molar-refractivity contribution >= 4 is 11.6 Å². The maximum atomic E-state index is 12.2. The van der Waals surface area contributed by atoms with Crippen LogP contribution in [-0.2, 0) is 0 Å². The molecule has 0 radical (unpaired) electrons. The molecule has 1 heterocycles. The molecule has 1 aliphatic rings. The van der Waals surface area contributed by atoms with Crippen LogP contribution in [0.1, 0.15) is 36.0 Å². The number of aliphatic hydroxyl groups is 1. The number of aliphatic hydroxyl groups excluding tert-OH is 1. The Morgan fingerprint density at radius 2 is 2.09 bits per heavy atom. The summed E-state index contributed by atoms with van der Waals surface area (Å²) in [5, 5.41) is 15.4. The average Bonchev–Trinajstić information content (AvgIpc) is 2.82. The van der Waals surface area contributed by atoms with E-state index in [-0.39, 0.29) is 12.5 Å². The molecule has 2 rings (SSSR count). The zero-order valence-corrected chi connectivity index (χ0v) is 13.3. The lowest BCUT2D eigenvalue weighted by Crippen LogP contribution is -2.40. The summed E-state index contributed by atoms with van der Waals surface area (Å²) in [6.45, 7) is 2.43. The van der Waals surface area contributed by atoms with Gasteiger partial charge in [-0.3, -0.25) is 4.79 Å². The molecule has 5 heteroatoms. The summed E-state index contributed by atoms with van der Waals surface area (Å²) in [7, 11) is 1.92. The van der Waals surface area contributed by atoms with Crippen LogP contribution in [0.5, 0.6) is 0 Å². The minimum absolute atomic E-state index is 0.0255. The normalized spacial score (nSPS) is 18.5. The summed E-state index contributed by atoms with van der Waals surface area (Å²) in [4.78, 5) is 14.1. The van der Waals surface area contributed by atoms with Crippen molar-refractivity contribution in [1.82, 2.24) is 10.6 Å². The Bertz CT molecular complexity index is 453. The summed E-state index contributed by atoms with van der Waals surface area (Å²) in [5.41, 5.74) is 1.67. The lowest BCUT2D eigenvalue weighted by atomic mass is 10.1. The molecule has 0 spiro atoms. The van der Waals surface area contributed by atoms with Crippen molar-refractivity contribution < 1.29 is 9.90 Å². The number of hydrogen-bond donors (Lipinski definition) is 3. The molecule has 1 aromatic rings. The summed E-state index contributed by atoms with van der Waals surface area (Å²) in [6, 6.07) is 7.88. The highest BCUT2D eigenvalue weighted by Crippen LogP contribution is 2.13. The van der Waals surface area contributed by atoms with Crippen LogP contribution in [0.2, 0.25) is 0 Å². The van der Waals surface area contributed by atoms with Gasteiger partial charge in [-0.1, -0.05) is 12.8 Å². The molecule has 0 aliphatic carbocycles. The van der Waals surface area contributed by atoms with E-state index in [0.29, 0.717) is 24.7 Å². The topological polar surface area (TPSA) is 64.6 Å². The number of amides is 1. The SMILES string of the molecule is CN(CCO)c1ccc(C(=O)NC[C@H]2CCCCCN2)cc1. The lowest BCUT2D eigenvalue weighted by molar-refractivity contribution is 0.0949. The van der Waals surface area contributed by atoms with Gasteiger partial charge in [-0.25, -0.2) is 0 Å². The number of likely N-dealkylation sites (N-methyl/N-ethyl adjacent to an activating group) is 1. The highest BCUT2D eigenvalue weighted by atomic mass is 16.3. The van der Waals surface area contributed by atoms with Crippen molar-refractivity contribution in [2.75, 3.05) is 38.2 Å². The van der Waals surface area contributed by atoms with Gasteiger partial charge in [-0.2, -0.15) is 0 Å². The third kappa shape index (κ3) is 5.00. The molecule has 1 aliphatic heterocycles. The molecule has 0 saturated carbocycles. The maximum Gasteiger partial charge on any atom is 0.251 e. The predicted octanol–water partition coefficient (Wildman–Crippen LogP) is 1.38. The second-order valence-corrected chi connectivity index (χ2v) is 5.90. The van der Waals surface area contributed by atoms with Crippen LogP contribution < -0.4 is 15.5 Å². The highest BCUT2D eigenvalue weighted by molar-refractivity contribution is 5.94. The van der Waals surface area contributed by atoms with Gasteiger partial charge >= 0.3 is 0 Å². The average molecular weight is 305 g/mol. The van der Waals surface area contributed by atoms with Gasteiger partial charge in [0, 0.05) is 37.4 Å². The Hall–Kier alpha value is -1.59. The molecule has 1 fully saturated rings. The van der Waals surface area contributed by atoms with Crippen molar-refractivity contribution in [3.8, 4) is 0 Å². The molecular weight excluding hydrogens is 278 g/mol. The van der Waals surface area contributed by atoms with E-state index in [4.69, 9.17) is 5.11 Å². The molecule has 0 bridgehead atoms. The molecule has 22 heavy (non-hydrogen) atoms. The number of nitrogens with one attached hydrogen (secondary N) is 2. The van der Waals surface area contributed by atoms with Gasteiger partial charge in [0.2, 0.25) is 0 Å². The molecule has 0 unspecified atom stereocenters. The smallest absolute Gasteiger partial charge is 0.251 e. The molecule has 122 valence electrons. The van der Waals surface area contributed by atoms with Gasteiger partial charge in [0.1, 0.15) is 0 Å². The fraction of sp³-hybridized carbons (Fsp3) is 0.588. The summed E-state index contributed by atoms with van der Waals surface area (Å²) >= 11 is 0. The van der Waals surface area contributed by atoms with Gasteiger partial charge in [0.15, 0.2) is 0 Å². The van der Waals surface area contributed by atoms with Gasteiger partial charge in [-0.15, -0.1) is 0 Å². The maximum absolute atomic E-state index is 12.2. The zero-order valence-electron chi connectivity index (χ0n) is 13.3. The van der Waals surface area contributed by atoms with Gasteiger partial charge in [0.05, 0.1) is 6.61 Å². The molecular formula is C17H27N3O2. The van der Waals surface area contributed by atoms with Crippen LogP contribution in [0.4, 0.5) is 5.69 Å². The minimum Gasteiger partial charge on any atom is -0.395 e. The molecule has 1 saturated heterocycles. The van der Waals surface area contributed by atoms with Crippen LogP contribution in [0.15, 0.2) is 24.3 Å². The summed E-state index contributed by atoms with van der Waals surface area (Å²) in [6.07, 6.45) is 4.87. The molecule has 1 amide bonds. The van der Waals surface area contributed by atoms with Crippen LogP contribution in [-0.4, -0.2) is 50.3 Å². The Morgan fingerprint density at radius 3 is 2.82 bits per heavy atom. The first kappa shape index (κ1) is 16.8. The summed E-state index contributed by atoms with van der Waals surface area (Å²) < 4.78 is 0. The summed E-state index contributed by atoms with van der Waals surface area (Å²) in [5.74, 6) is -0.0255. The van der Waals surface area contributed by atoms with Crippen LogP contribution in [0.25, 0.3) is 0 Å². The Morgan fingerprint density at radius 1 is 1.32 bits per heavy atom. The van der Waals surface area contributed by atoms with Crippen LogP contribution in [0.3, 0.4) is 0 Å². The third-order valence-corrected chi connectivity index (χ3v) is 4.18. The van der Waals surface area contributed by atoms with Gasteiger partial charge in [-0.05, 0) is 43.7 Å². The van der Waals surface area contributed by atoms with Gasteiger partial charge in [0.25, 0.3) is 5.91 Å². The Kier molecular flexibility index (Phi) is 6.68. The van der Waals surface area contributed by atoms with Crippen molar-refractivity contribution in [3.63, 3.8) is 0 Å². The van der Waals surface area contributed by atoms with E-state index in [2.05, 4.69) is 10.6 Å². The second kappa shape index (κ2) is 8.76. The quantitative estimate of drug-likeness (QED) is 0.743. The molecule has 1 atom stereocenters. The molecule has 5 nitrogen and oxygen atoms in total. The monoisotopic (exact) mass is 305 g/mol. The van der Waals surface area contributed by atoms with Crippen molar-refractivity contribution in [2.45, 2.75) is 31.7 Å². The van der Waals surface area contributed by atoms with E-state index < -0.39 is 0 Å². The third-order valence-electron chi connectivity index (χ3n) is 4.18. The Balaban J connectivity index is 1.84. The van der Waals surface area contributed by atoms with Crippen LogP contribution >= 0.6 is 0 Å². The molecule has 0 aromatic heterocycles. The first-order valence-corrected chi connectivity index (χ1v) is 8.14. The van der Waals surface area contributed by atoms with E-state index in [1.165, 1.54) is 19.3 Å². The fourth-order valence-electron chi connectivity index (χ4n) is 2.74. The van der Waals surface area contributed by atoms with Crippen molar-refractivity contribution in [1.29, 1.82) is 0 Å². The Labute approximate surface area is 132 Å². The predicted molar refractivity (Wildman–Crippen MR) is 89.4 cm³/mol. The molecule has 3 N–H and O–H groups in total. The fourth-order valence-corrected chi connectivity index (χ4v) is 2.74. The number of nitrogens with zero attached hydrogens (tertiary/aromatic N) is 1. The van der Waals surface area contributed by atoms with Gasteiger partial charge < -0.3 is 20.6 Å². The zero-order chi connectivity index (χ0) is 15.8. The van der Waals surface area contributed by atoms with Crippen molar-refractivity contribution in [3.05, 3.63) is 29.8 Å². The molecule has 1 aromatic carbocycles. The number of rotatable bonds is 6. The number of carbonyl (C=O) groups is 1. The van der Waals surface area contributed by atoms with E-state index >= 15 is 0 Å². The first-order valence-electron chi connectivity index (χ1n) is 8.14. The van der Waals surface area contributed by atoms with E-state index in [0.717, 1.165) is 18.7 Å². The first-order chi connectivity index (χ1) is 10.7. The van der Waals surface area contributed by atoms with E-state index in [1.54, 1.807) is 0 Å². The largest absolute Gasteiger partial charge is 0.395 e. The van der Waals surface area contributed by atoms with E-state index in [9.17, 15) is 4.79 Å². The highest BCUT2D eigenvalue weighted by Gasteiger charge is 2.13.